The third-order valence-corrected chi connectivity index (χ3v) is 7.32. The highest BCUT2D eigenvalue weighted by molar-refractivity contribution is 7.52. The lowest BCUT2D eigenvalue weighted by atomic mass is 10.0. The van der Waals surface area contributed by atoms with Crippen LogP contribution in [0.15, 0.2) is 41.5 Å². The Kier molecular flexibility index (Phi) is 8.34. The van der Waals surface area contributed by atoms with Crippen LogP contribution in [-0.2, 0) is 23.4 Å². The van der Waals surface area contributed by atoms with E-state index < -0.39 is 62.4 Å². The number of hydrogen-bond donors (Lipinski definition) is 4. The predicted octanol–water partition coefficient (Wildman–Crippen LogP) is 1.23. The number of carbonyl (C=O) groups excluding carboxylic acids is 1. The van der Waals surface area contributed by atoms with Crippen molar-refractivity contribution in [3.05, 3.63) is 47.0 Å². The van der Waals surface area contributed by atoms with Gasteiger partial charge in [0.15, 0.2) is 17.4 Å². The van der Waals surface area contributed by atoms with Gasteiger partial charge < -0.3 is 24.8 Å². The van der Waals surface area contributed by atoms with Crippen molar-refractivity contribution in [3.8, 4) is 11.8 Å². The zero-order valence-corrected chi connectivity index (χ0v) is 22.1. The number of hydrogen-bond acceptors (Lipinski definition) is 12. The van der Waals surface area contributed by atoms with E-state index in [-0.39, 0.29) is 22.9 Å². The van der Waals surface area contributed by atoms with Crippen LogP contribution in [0.3, 0.4) is 0 Å². The highest BCUT2D eigenvalue weighted by atomic mass is 31.2. The van der Waals surface area contributed by atoms with Crippen LogP contribution in [0.25, 0.3) is 11.2 Å². The average Bonchev–Trinajstić information content (AvgIpc) is 3.43. The van der Waals surface area contributed by atoms with Gasteiger partial charge in [0.2, 0.25) is 5.95 Å². The molecule has 16 heteroatoms. The van der Waals surface area contributed by atoms with Gasteiger partial charge in [0, 0.05) is 0 Å². The number of nitrogens with two attached hydrogens (primary N) is 1. The maximum Gasteiger partial charge on any atom is 0.459 e. The van der Waals surface area contributed by atoms with Gasteiger partial charge in [-0.25, -0.2) is 9.55 Å². The average molecular weight is 561 g/mol. The number of nitrogen functional groups attached to an aromatic ring is 1. The Morgan fingerprint density at radius 1 is 1.36 bits per heavy atom. The lowest BCUT2D eigenvalue weighted by Crippen LogP contribution is -2.37. The van der Waals surface area contributed by atoms with Crippen molar-refractivity contribution in [2.45, 2.75) is 51.4 Å². The van der Waals surface area contributed by atoms with E-state index in [9.17, 15) is 24.5 Å². The number of nitrogens with zero attached hydrogens (tertiary/aromatic N) is 4. The van der Waals surface area contributed by atoms with Gasteiger partial charge >= 0.3 is 13.7 Å². The highest BCUT2D eigenvalue weighted by Gasteiger charge is 2.47. The van der Waals surface area contributed by atoms with Crippen LogP contribution < -0.4 is 20.9 Å². The number of H-pyrrole nitrogens is 1. The second kappa shape index (κ2) is 11.5. The molecule has 3 aromatic rings. The maximum atomic E-state index is 13.7. The molecular formula is C23H28N7O8P. The van der Waals surface area contributed by atoms with E-state index in [2.05, 4.69) is 20.0 Å². The number of aliphatic hydroxyl groups is 1. The van der Waals surface area contributed by atoms with Crippen molar-refractivity contribution >= 4 is 30.8 Å². The molecule has 1 fully saturated rings. The fourth-order valence-corrected chi connectivity index (χ4v) is 5.40. The number of imidazole rings is 1. The van der Waals surface area contributed by atoms with Gasteiger partial charge in [0.25, 0.3) is 5.56 Å². The molecule has 2 aromatic heterocycles. The molecule has 1 unspecified atom stereocenters. The van der Waals surface area contributed by atoms with Gasteiger partial charge in [-0.2, -0.15) is 15.3 Å². The van der Waals surface area contributed by atoms with Crippen molar-refractivity contribution < 1.29 is 33.0 Å². The number of nitriles is 1. The molecule has 39 heavy (non-hydrogen) atoms. The molecule has 5 N–H and O–H groups in total. The number of ether oxygens (including phenoxy) is 2. The Morgan fingerprint density at radius 2 is 2.08 bits per heavy atom. The number of carbonyl (C=O) groups is 1. The normalized spacial score (nSPS) is 23.3. The van der Waals surface area contributed by atoms with Crippen LogP contribution in [0.1, 0.15) is 27.0 Å². The molecule has 0 saturated carbocycles. The van der Waals surface area contributed by atoms with Crippen molar-refractivity contribution in [2.75, 3.05) is 12.3 Å². The summed E-state index contributed by atoms with van der Waals surface area (Å²) in [4.78, 5) is 34.9. The minimum absolute atomic E-state index is 0.0362. The first-order valence-electron chi connectivity index (χ1n) is 11.9. The molecule has 15 nitrogen and oxygen atoms in total. The molecular weight excluding hydrogens is 533 g/mol. The summed E-state index contributed by atoms with van der Waals surface area (Å²) >= 11 is 0. The number of anilines is 1. The van der Waals surface area contributed by atoms with Crippen molar-refractivity contribution in [2.24, 2.45) is 5.92 Å². The van der Waals surface area contributed by atoms with E-state index in [4.69, 9.17) is 24.3 Å². The topological polar surface area (TPSA) is 217 Å². The number of nitrogens with one attached hydrogen (secondary N) is 2. The van der Waals surface area contributed by atoms with Crippen LogP contribution in [0.5, 0.6) is 5.75 Å². The number of esters is 1. The fraction of sp³-hybridized carbons (Fsp3) is 0.435. The zero-order valence-electron chi connectivity index (χ0n) is 21.3. The molecule has 1 aromatic carbocycles. The van der Waals surface area contributed by atoms with Gasteiger partial charge in [0.05, 0.1) is 25.1 Å². The number of aliphatic hydroxyl groups excluding tert-OH is 1. The summed E-state index contributed by atoms with van der Waals surface area (Å²) in [5, 5.41) is 23.2. The Hall–Kier alpha value is -3.80. The van der Waals surface area contributed by atoms with E-state index in [0.717, 1.165) is 0 Å². The smallest absolute Gasteiger partial charge is 0.459 e. The predicted molar refractivity (Wildman–Crippen MR) is 136 cm³/mol. The minimum atomic E-state index is -4.25. The summed E-state index contributed by atoms with van der Waals surface area (Å²) in [6.07, 6.45) is -2.85. The number of fused-ring (bicyclic) bond motifs is 1. The Labute approximate surface area is 222 Å². The summed E-state index contributed by atoms with van der Waals surface area (Å²) in [6.45, 7) is 4.28. The van der Waals surface area contributed by atoms with Crippen LogP contribution >= 0.6 is 7.75 Å². The van der Waals surface area contributed by atoms with Crippen molar-refractivity contribution in [3.63, 3.8) is 0 Å². The van der Waals surface area contributed by atoms with Crippen molar-refractivity contribution in [1.29, 1.82) is 5.26 Å². The van der Waals surface area contributed by atoms with Crippen LogP contribution in [0, 0.1) is 17.2 Å². The molecule has 1 aliphatic rings. The molecule has 1 aliphatic heterocycles. The summed E-state index contributed by atoms with van der Waals surface area (Å²) in [5.41, 5.74) is 5.08. The number of aromatic amines is 1. The van der Waals surface area contributed by atoms with Gasteiger partial charge in [-0.05, 0) is 32.9 Å². The van der Waals surface area contributed by atoms with Crippen LogP contribution in [-0.4, -0.2) is 61.6 Å². The molecule has 0 radical (unpaired) electrons. The van der Waals surface area contributed by atoms with Crippen LogP contribution in [0.4, 0.5) is 5.95 Å². The first-order chi connectivity index (χ1) is 18.5. The summed E-state index contributed by atoms with van der Waals surface area (Å²) in [7, 11) is -4.25. The molecule has 4 rings (SSSR count). The van der Waals surface area contributed by atoms with E-state index >= 15 is 0 Å². The van der Waals surface area contributed by atoms with Gasteiger partial charge in [-0.15, -0.1) is 0 Å². The monoisotopic (exact) mass is 561 g/mol. The number of benzene rings is 1. The van der Waals surface area contributed by atoms with E-state index in [0.29, 0.717) is 0 Å². The molecule has 208 valence electrons. The lowest BCUT2D eigenvalue weighted by Gasteiger charge is -2.25. The molecule has 0 bridgehead atoms. The van der Waals surface area contributed by atoms with Gasteiger partial charge in [-0.1, -0.05) is 18.2 Å². The number of aromatic nitrogens is 4. The van der Waals surface area contributed by atoms with E-state index in [1.54, 1.807) is 44.2 Å². The van der Waals surface area contributed by atoms with Gasteiger partial charge in [0.1, 0.15) is 29.9 Å². The van der Waals surface area contributed by atoms with Gasteiger partial charge in [-0.3, -0.25) is 23.7 Å². The molecule has 3 heterocycles. The van der Waals surface area contributed by atoms with E-state index in [1.807, 2.05) is 6.07 Å². The largest absolute Gasteiger partial charge is 0.462 e. The lowest BCUT2D eigenvalue weighted by molar-refractivity contribution is -0.149. The first-order valence-corrected chi connectivity index (χ1v) is 13.5. The Bertz CT molecular complexity index is 1470. The molecule has 0 amide bonds. The third kappa shape index (κ3) is 6.27. The zero-order chi connectivity index (χ0) is 28.3. The van der Waals surface area contributed by atoms with Crippen molar-refractivity contribution in [1.82, 2.24) is 24.6 Å². The molecule has 0 spiro atoms. The highest BCUT2D eigenvalue weighted by Crippen LogP contribution is 2.46. The summed E-state index contributed by atoms with van der Waals surface area (Å²) < 4.78 is 37.3. The third-order valence-electron chi connectivity index (χ3n) is 5.68. The molecule has 6 atom stereocenters. The second-order valence-corrected chi connectivity index (χ2v) is 10.7. The molecule has 0 aliphatic carbocycles. The number of rotatable bonds is 10. The first kappa shape index (κ1) is 28.2. The fourth-order valence-electron chi connectivity index (χ4n) is 3.90. The summed E-state index contributed by atoms with van der Waals surface area (Å²) in [6, 6.07) is 9.03. The minimum Gasteiger partial charge on any atom is -0.462 e. The quantitative estimate of drug-likeness (QED) is 0.202. The standard InChI is InChI=1S/C23H28N7O8P/c1-12(2)36-22(33)13(3)29-39(34,38-14-7-5-4-6-8-14)35-10-16-18(31)15(9-24)21(37-16)30-11-26-17-19(30)27-23(25)28-20(17)32/h4-8,11-13,15-16,18,21,31H,10H2,1-3H3,(H,29,34)(H3,25,27,28,32)/t13-,15+,16+,18-,21+,39?/m0/s1. The van der Waals surface area contributed by atoms with E-state index in [1.165, 1.54) is 17.8 Å². The SMILES string of the molecule is CC(C)OC(=O)[C@H](C)NP(=O)(OC[C@H]1O[C@@H](n2cnc3c(=O)[nH]c(N)nc32)[C@H](C#N)[C@@H]1O)Oc1ccccc1. The summed E-state index contributed by atoms with van der Waals surface area (Å²) in [5.74, 6) is -1.80. The Morgan fingerprint density at radius 3 is 2.74 bits per heavy atom. The Balaban J connectivity index is 1.55. The number of para-hydroxylation sites is 1. The maximum absolute atomic E-state index is 13.7. The van der Waals surface area contributed by atoms with Crippen LogP contribution in [0.2, 0.25) is 0 Å². The molecule has 1 saturated heterocycles. The second-order valence-electron chi connectivity index (χ2n) is 9.02.